The van der Waals surface area contributed by atoms with E-state index in [9.17, 15) is 22.8 Å². The second kappa shape index (κ2) is 5.52. The lowest BCUT2D eigenvalue weighted by molar-refractivity contribution is -0.149. The topological polar surface area (TPSA) is 66.4 Å². The van der Waals surface area contributed by atoms with Gasteiger partial charge < -0.3 is 10.4 Å². The smallest absolute Gasteiger partial charge is 0.316 e. The molecule has 20 heavy (non-hydrogen) atoms. The highest BCUT2D eigenvalue weighted by Crippen LogP contribution is 2.28. The summed E-state index contributed by atoms with van der Waals surface area (Å²) in [5.41, 5.74) is -1.53. The lowest BCUT2D eigenvalue weighted by atomic mass is 9.80. The molecule has 0 saturated heterocycles. The summed E-state index contributed by atoms with van der Waals surface area (Å²) in [6.07, 6.45) is 0. The molecule has 1 aromatic rings. The minimum Gasteiger partial charge on any atom is -0.481 e. The zero-order valence-electron chi connectivity index (χ0n) is 11.1. The maximum Gasteiger partial charge on any atom is 0.316 e. The van der Waals surface area contributed by atoms with Crippen LogP contribution in [0.5, 0.6) is 0 Å². The molecule has 7 heteroatoms. The normalized spacial score (nSPS) is 12.9. The van der Waals surface area contributed by atoms with Crippen LogP contribution in [0.4, 0.5) is 18.9 Å². The molecule has 0 bridgehead atoms. The van der Waals surface area contributed by atoms with Crippen molar-refractivity contribution in [3.8, 4) is 0 Å². The number of halogens is 3. The summed E-state index contributed by atoms with van der Waals surface area (Å²) in [4.78, 5) is 23.0. The first-order valence-corrected chi connectivity index (χ1v) is 5.72. The molecule has 1 atom stereocenters. The average molecular weight is 289 g/mol. The van der Waals surface area contributed by atoms with Crippen molar-refractivity contribution in [3.05, 3.63) is 29.6 Å². The van der Waals surface area contributed by atoms with Gasteiger partial charge in [-0.3, -0.25) is 9.59 Å². The van der Waals surface area contributed by atoms with Gasteiger partial charge in [0.1, 0.15) is 11.7 Å². The van der Waals surface area contributed by atoms with Gasteiger partial charge in [0.15, 0.2) is 11.6 Å². The summed E-state index contributed by atoms with van der Waals surface area (Å²) in [6.45, 7) is 4.56. The molecule has 1 aromatic carbocycles. The van der Waals surface area contributed by atoms with Crippen molar-refractivity contribution in [2.75, 3.05) is 5.32 Å². The van der Waals surface area contributed by atoms with Crippen LogP contribution < -0.4 is 5.32 Å². The Kier molecular flexibility index (Phi) is 4.42. The highest BCUT2D eigenvalue weighted by Gasteiger charge is 2.38. The quantitative estimate of drug-likeness (QED) is 0.664. The van der Waals surface area contributed by atoms with Crippen LogP contribution in [0, 0.1) is 28.8 Å². The highest BCUT2D eigenvalue weighted by molar-refractivity contribution is 6.04. The lowest BCUT2D eigenvalue weighted by Gasteiger charge is -2.25. The van der Waals surface area contributed by atoms with E-state index in [0.717, 1.165) is 0 Å². The second-order valence-corrected chi connectivity index (χ2v) is 5.37. The van der Waals surface area contributed by atoms with Crippen LogP contribution in [0.25, 0.3) is 0 Å². The minimum absolute atomic E-state index is 0.276. The molecular weight excluding hydrogens is 275 g/mol. The molecule has 0 aliphatic heterocycles. The monoisotopic (exact) mass is 289 g/mol. The third kappa shape index (κ3) is 3.49. The third-order valence-electron chi connectivity index (χ3n) is 2.64. The Morgan fingerprint density at radius 1 is 1.10 bits per heavy atom. The van der Waals surface area contributed by atoms with Crippen LogP contribution in [0.2, 0.25) is 0 Å². The van der Waals surface area contributed by atoms with E-state index in [1.807, 2.05) is 5.32 Å². The Balaban J connectivity index is 3.06. The molecule has 0 radical (unpaired) electrons. The summed E-state index contributed by atoms with van der Waals surface area (Å²) in [5.74, 6) is -7.78. The number of hydrogen-bond donors (Lipinski definition) is 2. The number of aliphatic carboxylic acids is 1. The number of amides is 1. The van der Waals surface area contributed by atoms with Gasteiger partial charge in [-0.25, -0.2) is 13.2 Å². The summed E-state index contributed by atoms with van der Waals surface area (Å²) in [7, 11) is 0. The van der Waals surface area contributed by atoms with Gasteiger partial charge in [-0.2, -0.15) is 0 Å². The van der Waals surface area contributed by atoms with Crippen molar-refractivity contribution in [2.45, 2.75) is 20.8 Å². The molecule has 1 unspecified atom stereocenters. The van der Waals surface area contributed by atoms with E-state index in [0.29, 0.717) is 6.07 Å². The Morgan fingerprint density at radius 2 is 1.60 bits per heavy atom. The number of carboxylic acid groups (broad SMARTS) is 1. The summed E-state index contributed by atoms with van der Waals surface area (Å²) < 4.78 is 39.1. The van der Waals surface area contributed by atoms with E-state index in [4.69, 9.17) is 5.11 Å². The fourth-order valence-corrected chi connectivity index (χ4v) is 1.70. The molecule has 0 aromatic heterocycles. The first kappa shape index (κ1) is 16.0. The molecule has 4 nitrogen and oxygen atoms in total. The van der Waals surface area contributed by atoms with Crippen LogP contribution >= 0.6 is 0 Å². The van der Waals surface area contributed by atoms with Crippen molar-refractivity contribution in [1.29, 1.82) is 0 Å². The van der Waals surface area contributed by atoms with Gasteiger partial charge in [0, 0.05) is 12.1 Å². The molecule has 2 N–H and O–H groups in total. The standard InChI is InChI=1S/C13H14F3NO3/c1-13(2,3)10(12(19)20)11(18)17-9-5-7(15)6(14)4-8(9)16/h4-5,10H,1-3H3,(H,17,18)(H,19,20). The van der Waals surface area contributed by atoms with Crippen LogP contribution in [0.3, 0.4) is 0 Å². The molecule has 0 fully saturated rings. The first-order chi connectivity index (χ1) is 9.04. The zero-order chi connectivity index (χ0) is 15.7. The summed E-state index contributed by atoms with van der Waals surface area (Å²) in [5, 5.41) is 11.0. The SMILES string of the molecule is CC(C)(C)C(C(=O)O)C(=O)Nc1cc(F)c(F)cc1F. The Labute approximate surface area is 113 Å². The lowest BCUT2D eigenvalue weighted by Crippen LogP contribution is -2.39. The van der Waals surface area contributed by atoms with E-state index >= 15 is 0 Å². The number of rotatable bonds is 3. The van der Waals surface area contributed by atoms with Crippen molar-refractivity contribution >= 4 is 17.6 Å². The molecule has 110 valence electrons. The van der Waals surface area contributed by atoms with Crippen LogP contribution in [0.1, 0.15) is 20.8 Å². The average Bonchev–Trinajstić information content (AvgIpc) is 2.22. The predicted octanol–water partition coefficient (Wildman–Crippen LogP) is 2.79. The van der Waals surface area contributed by atoms with Gasteiger partial charge in [0.2, 0.25) is 5.91 Å². The Hall–Kier alpha value is -2.05. The van der Waals surface area contributed by atoms with Gasteiger partial charge in [-0.15, -0.1) is 0 Å². The number of hydrogen-bond acceptors (Lipinski definition) is 2. The second-order valence-electron chi connectivity index (χ2n) is 5.37. The molecule has 1 amide bonds. The molecule has 0 heterocycles. The summed E-state index contributed by atoms with van der Waals surface area (Å²) >= 11 is 0. The summed E-state index contributed by atoms with van der Waals surface area (Å²) in [6, 6.07) is 0.738. The molecule has 0 aliphatic carbocycles. The molecule has 0 saturated carbocycles. The number of carbonyl (C=O) groups excluding carboxylic acids is 1. The number of carboxylic acids is 1. The van der Waals surface area contributed by atoms with Gasteiger partial charge in [0.25, 0.3) is 0 Å². The zero-order valence-corrected chi connectivity index (χ0v) is 11.1. The van der Waals surface area contributed by atoms with E-state index < -0.39 is 46.3 Å². The fraction of sp³-hybridized carbons (Fsp3) is 0.385. The maximum atomic E-state index is 13.4. The van der Waals surface area contributed by atoms with E-state index in [1.54, 1.807) is 0 Å². The minimum atomic E-state index is -1.46. The van der Waals surface area contributed by atoms with E-state index in [1.165, 1.54) is 20.8 Å². The van der Waals surface area contributed by atoms with Crippen molar-refractivity contribution in [2.24, 2.45) is 11.3 Å². The maximum absolute atomic E-state index is 13.4. The van der Waals surface area contributed by atoms with E-state index in [2.05, 4.69) is 0 Å². The Morgan fingerprint density at radius 3 is 2.05 bits per heavy atom. The van der Waals surface area contributed by atoms with Gasteiger partial charge in [-0.1, -0.05) is 20.8 Å². The van der Waals surface area contributed by atoms with Crippen molar-refractivity contribution < 1.29 is 27.9 Å². The van der Waals surface area contributed by atoms with Gasteiger partial charge in [-0.05, 0) is 5.41 Å². The van der Waals surface area contributed by atoms with Crippen molar-refractivity contribution in [1.82, 2.24) is 0 Å². The Bertz CT molecular complexity index is 553. The number of nitrogens with one attached hydrogen (secondary N) is 1. The highest BCUT2D eigenvalue weighted by atomic mass is 19.2. The van der Waals surface area contributed by atoms with Crippen LogP contribution in [0.15, 0.2) is 12.1 Å². The molecular formula is C13H14F3NO3. The molecule has 0 aliphatic rings. The molecule has 0 spiro atoms. The van der Waals surface area contributed by atoms with Crippen LogP contribution in [-0.2, 0) is 9.59 Å². The third-order valence-corrected chi connectivity index (χ3v) is 2.64. The van der Waals surface area contributed by atoms with Crippen molar-refractivity contribution in [3.63, 3.8) is 0 Å². The van der Waals surface area contributed by atoms with Gasteiger partial charge >= 0.3 is 5.97 Å². The van der Waals surface area contributed by atoms with Gasteiger partial charge in [0.05, 0.1) is 5.69 Å². The molecule has 1 rings (SSSR count). The number of benzene rings is 1. The number of carbonyl (C=O) groups is 2. The predicted molar refractivity (Wildman–Crippen MR) is 65.5 cm³/mol. The largest absolute Gasteiger partial charge is 0.481 e. The number of anilines is 1. The first-order valence-electron chi connectivity index (χ1n) is 5.72. The fourth-order valence-electron chi connectivity index (χ4n) is 1.70. The van der Waals surface area contributed by atoms with Crippen LogP contribution in [-0.4, -0.2) is 17.0 Å². The van der Waals surface area contributed by atoms with E-state index in [-0.39, 0.29) is 6.07 Å².